The SMILES string of the molecule is Cc1c([C@@H](C)C(N)=O)c2c(F)c(O)c(F)cc2n1C(=O)c1ccc(Cl)cc1. The molecule has 140 valence electrons. The number of nitrogens with zero attached hydrogens (tertiary/aromatic N) is 1. The summed E-state index contributed by atoms with van der Waals surface area (Å²) >= 11 is 5.83. The lowest BCUT2D eigenvalue weighted by Crippen LogP contribution is -2.20. The highest BCUT2D eigenvalue weighted by Gasteiger charge is 2.29. The highest BCUT2D eigenvalue weighted by atomic mass is 35.5. The molecule has 5 nitrogen and oxygen atoms in total. The van der Waals surface area contributed by atoms with Crippen LogP contribution in [0, 0.1) is 18.6 Å². The highest BCUT2D eigenvalue weighted by molar-refractivity contribution is 6.30. The van der Waals surface area contributed by atoms with Gasteiger partial charge in [-0.2, -0.15) is 0 Å². The second-order valence-corrected chi connectivity index (χ2v) is 6.62. The van der Waals surface area contributed by atoms with E-state index in [1.54, 1.807) is 0 Å². The van der Waals surface area contributed by atoms with Crippen LogP contribution < -0.4 is 5.73 Å². The van der Waals surface area contributed by atoms with Gasteiger partial charge in [0.1, 0.15) is 0 Å². The lowest BCUT2D eigenvalue weighted by Gasteiger charge is -2.10. The van der Waals surface area contributed by atoms with Crippen LogP contribution in [0.3, 0.4) is 0 Å². The minimum atomic E-state index is -1.25. The number of amides is 1. The fraction of sp³-hybridized carbons (Fsp3) is 0.158. The van der Waals surface area contributed by atoms with E-state index in [0.29, 0.717) is 5.02 Å². The number of carbonyl (C=O) groups is 2. The van der Waals surface area contributed by atoms with Crippen molar-refractivity contribution in [1.29, 1.82) is 0 Å². The van der Waals surface area contributed by atoms with Crippen LogP contribution in [0.2, 0.25) is 5.02 Å². The number of rotatable bonds is 3. The van der Waals surface area contributed by atoms with Gasteiger partial charge < -0.3 is 10.8 Å². The third-order valence-corrected chi connectivity index (χ3v) is 4.81. The first kappa shape index (κ1) is 18.8. The van der Waals surface area contributed by atoms with E-state index in [2.05, 4.69) is 0 Å². The fourth-order valence-corrected chi connectivity index (χ4v) is 3.29. The van der Waals surface area contributed by atoms with Crippen LogP contribution in [0.25, 0.3) is 10.9 Å². The Kier molecular flexibility index (Phi) is 4.65. The van der Waals surface area contributed by atoms with Gasteiger partial charge in [-0.15, -0.1) is 0 Å². The van der Waals surface area contributed by atoms with Gasteiger partial charge in [0.2, 0.25) is 5.91 Å². The number of phenolic OH excluding ortho intramolecular Hbond substituents is 1. The molecule has 0 aliphatic heterocycles. The molecular formula is C19H15ClF2N2O3. The first-order valence-electron chi connectivity index (χ1n) is 7.96. The second-order valence-electron chi connectivity index (χ2n) is 6.19. The lowest BCUT2D eigenvalue weighted by atomic mass is 9.97. The first-order chi connectivity index (χ1) is 12.6. The van der Waals surface area contributed by atoms with Crippen molar-refractivity contribution in [2.75, 3.05) is 0 Å². The molecule has 1 amide bonds. The monoisotopic (exact) mass is 392 g/mol. The smallest absolute Gasteiger partial charge is 0.262 e. The van der Waals surface area contributed by atoms with Gasteiger partial charge in [0, 0.05) is 27.7 Å². The standard InChI is InChI=1S/C19H15ClF2N2O3/c1-8(18(23)26)14-9(2)24(19(27)10-3-5-11(20)6-4-10)13-7-12(21)17(25)16(22)15(13)14/h3-8,25H,1-2H3,(H2,23,26)/t8-/m1/s1. The lowest BCUT2D eigenvalue weighted by molar-refractivity contribution is -0.119. The molecule has 0 bridgehead atoms. The van der Waals surface area contributed by atoms with Crippen molar-refractivity contribution in [2.24, 2.45) is 5.73 Å². The molecule has 0 saturated carbocycles. The van der Waals surface area contributed by atoms with Crippen LogP contribution in [-0.2, 0) is 4.79 Å². The number of hydrogen-bond donors (Lipinski definition) is 2. The van der Waals surface area contributed by atoms with Crippen molar-refractivity contribution in [3.63, 3.8) is 0 Å². The number of benzene rings is 2. The number of halogens is 3. The van der Waals surface area contributed by atoms with E-state index in [1.807, 2.05) is 0 Å². The Morgan fingerprint density at radius 3 is 2.37 bits per heavy atom. The summed E-state index contributed by atoms with van der Waals surface area (Å²) in [4.78, 5) is 24.7. The molecule has 0 saturated heterocycles. The Morgan fingerprint density at radius 2 is 1.81 bits per heavy atom. The molecule has 3 aromatic rings. The average molecular weight is 393 g/mol. The van der Waals surface area contributed by atoms with Gasteiger partial charge in [-0.05, 0) is 43.7 Å². The number of phenols is 1. The topological polar surface area (TPSA) is 85.3 Å². The van der Waals surface area contributed by atoms with Crippen molar-refractivity contribution in [2.45, 2.75) is 19.8 Å². The number of nitrogens with two attached hydrogens (primary N) is 1. The third-order valence-electron chi connectivity index (χ3n) is 4.56. The summed E-state index contributed by atoms with van der Waals surface area (Å²) in [5.41, 5.74) is 5.81. The Labute approximate surface area is 158 Å². The zero-order valence-electron chi connectivity index (χ0n) is 14.4. The Balaban J connectivity index is 2.39. The van der Waals surface area contributed by atoms with E-state index in [9.17, 15) is 23.5 Å². The fourth-order valence-electron chi connectivity index (χ4n) is 3.17. The number of fused-ring (bicyclic) bond motifs is 1. The minimum absolute atomic E-state index is 0.108. The van der Waals surface area contributed by atoms with E-state index in [4.69, 9.17) is 17.3 Å². The molecule has 2 aromatic carbocycles. The predicted octanol–water partition coefficient (Wildman–Crippen LogP) is 3.86. The summed E-state index contributed by atoms with van der Waals surface area (Å²) in [7, 11) is 0. The van der Waals surface area contributed by atoms with Crippen molar-refractivity contribution < 1.29 is 23.5 Å². The number of hydrogen-bond acceptors (Lipinski definition) is 3. The van der Waals surface area contributed by atoms with Crippen molar-refractivity contribution >= 4 is 34.3 Å². The Bertz CT molecular complexity index is 1090. The minimum Gasteiger partial charge on any atom is -0.503 e. The summed E-state index contributed by atoms with van der Waals surface area (Å²) in [6.07, 6.45) is 0. The Hall–Kier alpha value is -2.93. The van der Waals surface area contributed by atoms with Crippen LogP contribution in [-0.4, -0.2) is 21.5 Å². The second kappa shape index (κ2) is 6.66. The molecular weight excluding hydrogens is 378 g/mol. The van der Waals surface area contributed by atoms with Crippen LogP contribution >= 0.6 is 11.6 Å². The van der Waals surface area contributed by atoms with Gasteiger partial charge in [-0.25, -0.2) is 8.78 Å². The number of aromatic hydroxyl groups is 1. The molecule has 1 heterocycles. The maximum atomic E-state index is 14.7. The van der Waals surface area contributed by atoms with E-state index < -0.39 is 35.1 Å². The normalized spacial score (nSPS) is 12.3. The maximum Gasteiger partial charge on any atom is 0.262 e. The highest BCUT2D eigenvalue weighted by Crippen LogP contribution is 2.38. The van der Waals surface area contributed by atoms with Gasteiger partial charge in [0.15, 0.2) is 17.4 Å². The summed E-state index contributed by atoms with van der Waals surface area (Å²) in [6.45, 7) is 2.94. The van der Waals surface area contributed by atoms with Gasteiger partial charge in [0.05, 0.1) is 11.4 Å². The van der Waals surface area contributed by atoms with Crippen LogP contribution in [0.1, 0.15) is 34.5 Å². The molecule has 27 heavy (non-hydrogen) atoms. The quantitative estimate of drug-likeness (QED) is 0.709. The molecule has 0 aliphatic carbocycles. The molecule has 8 heteroatoms. The maximum absolute atomic E-state index is 14.7. The molecule has 1 aromatic heterocycles. The van der Waals surface area contributed by atoms with Crippen LogP contribution in [0.15, 0.2) is 30.3 Å². The first-order valence-corrected chi connectivity index (χ1v) is 8.34. The molecule has 0 aliphatic rings. The molecule has 0 spiro atoms. The Morgan fingerprint density at radius 1 is 1.22 bits per heavy atom. The summed E-state index contributed by atoms with van der Waals surface area (Å²) < 4.78 is 29.8. The van der Waals surface area contributed by atoms with Crippen LogP contribution in [0.4, 0.5) is 8.78 Å². The largest absolute Gasteiger partial charge is 0.503 e. The number of aromatic nitrogens is 1. The summed E-state index contributed by atoms with van der Waals surface area (Å²) in [5.74, 6) is -5.94. The van der Waals surface area contributed by atoms with E-state index in [-0.39, 0.29) is 27.7 Å². The van der Waals surface area contributed by atoms with Crippen molar-refractivity contribution in [3.8, 4) is 5.75 Å². The molecule has 3 rings (SSSR count). The molecule has 0 unspecified atom stereocenters. The van der Waals surface area contributed by atoms with E-state index in [0.717, 1.165) is 10.6 Å². The van der Waals surface area contributed by atoms with Gasteiger partial charge >= 0.3 is 0 Å². The summed E-state index contributed by atoms with van der Waals surface area (Å²) in [6, 6.07) is 6.82. The van der Waals surface area contributed by atoms with Gasteiger partial charge in [-0.3, -0.25) is 14.2 Å². The third kappa shape index (κ3) is 2.94. The van der Waals surface area contributed by atoms with E-state index in [1.165, 1.54) is 38.1 Å². The molecule has 0 radical (unpaired) electrons. The predicted molar refractivity (Wildman–Crippen MR) is 97.0 cm³/mol. The van der Waals surface area contributed by atoms with Crippen LogP contribution in [0.5, 0.6) is 5.75 Å². The molecule has 0 fully saturated rings. The summed E-state index contributed by atoms with van der Waals surface area (Å²) in [5, 5.41) is 9.86. The van der Waals surface area contributed by atoms with E-state index >= 15 is 0 Å². The van der Waals surface area contributed by atoms with Gasteiger partial charge in [-0.1, -0.05) is 11.6 Å². The number of primary amides is 1. The zero-order valence-corrected chi connectivity index (χ0v) is 15.1. The average Bonchev–Trinajstić information content (AvgIpc) is 2.91. The van der Waals surface area contributed by atoms with Crippen molar-refractivity contribution in [1.82, 2.24) is 4.57 Å². The van der Waals surface area contributed by atoms with Crippen molar-refractivity contribution in [3.05, 3.63) is 63.8 Å². The zero-order chi connectivity index (χ0) is 20.0. The molecule has 3 N–H and O–H groups in total. The number of carbonyl (C=O) groups excluding carboxylic acids is 2. The van der Waals surface area contributed by atoms with Gasteiger partial charge in [0.25, 0.3) is 5.91 Å². The molecule has 1 atom stereocenters.